The van der Waals surface area contributed by atoms with Crippen molar-refractivity contribution in [3.8, 4) is 0 Å². The van der Waals surface area contributed by atoms with Crippen LogP contribution >= 0.6 is 0 Å². The molecule has 136 valence electrons. The van der Waals surface area contributed by atoms with Crippen molar-refractivity contribution in [2.75, 3.05) is 10.6 Å². The number of H-pyrrole nitrogens is 1. The number of amides is 1. The lowest BCUT2D eigenvalue weighted by atomic mass is 10.1. The normalized spacial score (nSPS) is 11.2. The lowest BCUT2D eigenvalue weighted by Gasteiger charge is -2.11. The first kappa shape index (κ1) is 16.3. The molecule has 2 aromatic carbocycles. The molecule has 0 bridgehead atoms. The van der Waals surface area contributed by atoms with Gasteiger partial charge in [-0.1, -0.05) is 24.3 Å². The average Bonchev–Trinajstić information content (AvgIpc) is 3.08. The second-order valence-electron chi connectivity index (χ2n) is 6.66. The molecule has 0 aliphatic rings. The first-order chi connectivity index (χ1) is 13.7. The fourth-order valence-electron chi connectivity index (χ4n) is 3.56. The summed E-state index contributed by atoms with van der Waals surface area (Å²) >= 11 is 0. The summed E-state index contributed by atoms with van der Waals surface area (Å²) in [5, 5.41) is 9.43. The maximum atomic E-state index is 11.3. The summed E-state index contributed by atoms with van der Waals surface area (Å²) in [7, 11) is 0. The van der Waals surface area contributed by atoms with Crippen LogP contribution in [0.1, 0.15) is 6.92 Å². The SMILES string of the molecule is CC(=O)Nc1cccc(Nc2nc3ccccc3c3c2[nH]c2ccncc23)c1. The molecule has 3 aromatic heterocycles. The molecular weight excluding hydrogens is 350 g/mol. The fourth-order valence-corrected chi connectivity index (χ4v) is 3.56. The Bertz CT molecular complexity index is 1360. The van der Waals surface area contributed by atoms with Crippen molar-refractivity contribution in [1.29, 1.82) is 0 Å². The van der Waals surface area contributed by atoms with E-state index in [1.165, 1.54) is 6.92 Å². The molecule has 0 fully saturated rings. The summed E-state index contributed by atoms with van der Waals surface area (Å²) in [5.41, 5.74) is 4.41. The monoisotopic (exact) mass is 367 g/mol. The van der Waals surface area contributed by atoms with Gasteiger partial charge in [0, 0.05) is 52.4 Å². The van der Waals surface area contributed by atoms with Crippen molar-refractivity contribution in [3.63, 3.8) is 0 Å². The number of para-hydroxylation sites is 1. The number of carbonyl (C=O) groups is 1. The number of anilines is 3. The highest BCUT2D eigenvalue weighted by Crippen LogP contribution is 2.35. The van der Waals surface area contributed by atoms with Crippen molar-refractivity contribution < 1.29 is 4.79 Å². The molecule has 1 amide bonds. The maximum Gasteiger partial charge on any atom is 0.221 e. The van der Waals surface area contributed by atoms with Gasteiger partial charge in [0.25, 0.3) is 0 Å². The van der Waals surface area contributed by atoms with Gasteiger partial charge >= 0.3 is 0 Å². The smallest absolute Gasteiger partial charge is 0.221 e. The van der Waals surface area contributed by atoms with Crippen LogP contribution in [0.5, 0.6) is 0 Å². The Labute approximate surface area is 160 Å². The topological polar surface area (TPSA) is 82.7 Å². The van der Waals surface area contributed by atoms with Gasteiger partial charge in [0.1, 0.15) is 0 Å². The van der Waals surface area contributed by atoms with E-state index >= 15 is 0 Å². The minimum atomic E-state index is -0.105. The molecule has 0 unspecified atom stereocenters. The number of aromatic amines is 1. The zero-order valence-corrected chi connectivity index (χ0v) is 15.2. The number of rotatable bonds is 3. The molecule has 0 saturated heterocycles. The number of aromatic nitrogens is 3. The molecule has 0 aliphatic carbocycles. The molecule has 6 nitrogen and oxygen atoms in total. The van der Waals surface area contributed by atoms with Gasteiger partial charge in [-0.25, -0.2) is 4.98 Å². The number of benzene rings is 2. The van der Waals surface area contributed by atoms with Crippen molar-refractivity contribution in [2.24, 2.45) is 0 Å². The highest BCUT2D eigenvalue weighted by Gasteiger charge is 2.14. The van der Waals surface area contributed by atoms with Gasteiger partial charge in [-0.3, -0.25) is 9.78 Å². The molecule has 28 heavy (non-hydrogen) atoms. The van der Waals surface area contributed by atoms with E-state index in [2.05, 4.69) is 26.7 Å². The summed E-state index contributed by atoms with van der Waals surface area (Å²) in [6, 6.07) is 17.6. The van der Waals surface area contributed by atoms with Gasteiger partial charge in [-0.15, -0.1) is 0 Å². The van der Waals surface area contributed by atoms with Crippen LogP contribution in [0, 0.1) is 0 Å². The van der Waals surface area contributed by atoms with Gasteiger partial charge in [0.05, 0.1) is 11.0 Å². The van der Waals surface area contributed by atoms with Gasteiger partial charge in [0.2, 0.25) is 5.91 Å². The highest BCUT2D eigenvalue weighted by molar-refractivity contribution is 6.21. The Kier molecular flexibility index (Phi) is 3.69. The van der Waals surface area contributed by atoms with Crippen LogP contribution in [0.15, 0.2) is 67.0 Å². The van der Waals surface area contributed by atoms with E-state index in [0.29, 0.717) is 0 Å². The molecule has 5 rings (SSSR count). The van der Waals surface area contributed by atoms with E-state index in [0.717, 1.165) is 49.9 Å². The third kappa shape index (κ3) is 2.72. The van der Waals surface area contributed by atoms with Crippen molar-refractivity contribution in [3.05, 3.63) is 67.0 Å². The summed E-state index contributed by atoms with van der Waals surface area (Å²) in [6.45, 7) is 1.49. The van der Waals surface area contributed by atoms with Crippen molar-refractivity contribution in [2.45, 2.75) is 6.92 Å². The second-order valence-corrected chi connectivity index (χ2v) is 6.66. The number of fused-ring (bicyclic) bond motifs is 5. The molecular formula is C22H17N5O. The predicted molar refractivity (Wildman–Crippen MR) is 113 cm³/mol. The minimum absolute atomic E-state index is 0.105. The van der Waals surface area contributed by atoms with Crippen molar-refractivity contribution in [1.82, 2.24) is 15.0 Å². The molecule has 0 saturated carbocycles. The Morgan fingerprint density at radius 1 is 1.00 bits per heavy atom. The van der Waals surface area contributed by atoms with Gasteiger partial charge in [0.15, 0.2) is 5.82 Å². The summed E-state index contributed by atoms with van der Waals surface area (Å²) in [6.07, 6.45) is 3.65. The molecule has 0 aliphatic heterocycles. The number of nitrogens with one attached hydrogen (secondary N) is 3. The van der Waals surface area contributed by atoms with E-state index in [1.807, 2.05) is 54.7 Å². The van der Waals surface area contributed by atoms with Crippen LogP contribution in [0.2, 0.25) is 0 Å². The number of hydrogen-bond acceptors (Lipinski definition) is 4. The summed E-state index contributed by atoms with van der Waals surface area (Å²) < 4.78 is 0. The summed E-state index contributed by atoms with van der Waals surface area (Å²) in [4.78, 5) is 23.9. The molecule has 0 spiro atoms. The largest absolute Gasteiger partial charge is 0.351 e. The lowest BCUT2D eigenvalue weighted by molar-refractivity contribution is -0.114. The predicted octanol–water partition coefficient (Wildman–Crippen LogP) is 4.97. The maximum absolute atomic E-state index is 11.3. The van der Waals surface area contributed by atoms with Crippen LogP contribution in [0.4, 0.5) is 17.2 Å². The standard InChI is InChI=1S/C22H17N5O/c1-13(28)24-14-5-4-6-15(11-14)25-22-21-20(16-7-2-3-8-18(16)27-22)17-12-23-10-9-19(17)26-21/h2-12,26H,1H3,(H,24,28)(H,25,27). The van der Waals surface area contributed by atoms with Crippen LogP contribution in [-0.2, 0) is 4.79 Å². The molecule has 3 N–H and O–H groups in total. The average molecular weight is 367 g/mol. The number of pyridine rings is 2. The number of carbonyl (C=O) groups excluding carboxylic acids is 1. The minimum Gasteiger partial charge on any atom is -0.351 e. The van der Waals surface area contributed by atoms with Gasteiger partial charge < -0.3 is 15.6 Å². The first-order valence-electron chi connectivity index (χ1n) is 8.98. The lowest BCUT2D eigenvalue weighted by Crippen LogP contribution is -2.05. The highest BCUT2D eigenvalue weighted by atomic mass is 16.1. The third-order valence-corrected chi connectivity index (χ3v) is 4.69. The molecule has 3 heterocycles. The Balaban J connectivity index is 1.72. The van der Waals surface area contributed by atoms with Crippen LogP contribution in [-0.4, -0.2) is 20.9 Å². The van der Waals surface area contributed by atoms with E-state index in [9.17, 15) is 4.79 Å². The fraction of sp³-hybridized carbons (Fsp3) is 0.0455. The quantitative estimate of drug-likeness (QED) is 0.421. The zero-order chi connectivity index (χ0) is 19.1. The van der Waals surface area contributed by atoms with Crippen molar-refractivity contribution >= 4 is 55.8 Å². The Morgan fingerprint density at radius 2 is 1.86 bits per heavy atom. The molecule has 0 atom stereocenters. The van der Waals surface area contributed by atoms with Crippen LogP contribution < -0.4 is 10.6 Å². The van der Waals surface area contributed by atoms with Gasteiger partial charge in [-0.05, 0) is 30.3 Å². The number of hydrogen-bond donors (Lipinski definition) is 3. The van der Waals surface area contributed by atoms with Gasteiger partial charge in [-0.2, -0.15) is 0 Å². The van der Waals surface area contributed by atoms with E-state index < -0.39 is 0 Å². The third-order valence-electron chi connectivity index (χ3n) is 4.69. The Hall–Kier alpha value is -3.93. The first-order valence-corrected chi connectivity index (χ1v) is 8.98. The van der Waals surface area contributed by atoms with E-state index in [1.54, 1.807) is 6.20 Å². The van der Waals surface area contributed by atoms with Crippen LogP contribution in [0.25, 0.3) is 32.7 Å². The summed E-state index contributed by atoms with van der Waals surface area (Å²) in [5.74, 6) is 0.622. The second kappa shape index (κ2) is 6.35. The zero-order valence-electron chi connectivity index (χ0n) is 15.2. The molecule has 5 aromatic rings. The van der Waals surface area contributed by atoms with E-state index in [-0.39, 0.29) is 5.91 Å². The molecule has 6 heteroatoms. The number of nitrogens with zero attached hydrogens (tertiary/aromatic N) is 2. The van der Waals surface area contributed by atoms with Crippen LogP contribution in [0.3, 0.4) is 0 Å². The van der Waals surface area contributed by atoms with E-state index in [4.69, 9.17) is 4.98 Å². The Morgan fingerprint density at radius 3 is 2.75 bits per heavy atom. The molecule has 0 radical (unpaired) electrons.